The Labute approximate surface area is 82.7 Å². The molecule has 0 atom stereocenters. The number of nitro benzene ring substituents is 1. The monoisotopic (exact) mass is 195 g/mol. The average molecular weight is 195 g/mol. The molecule has 0 saturated carbocycles. The van der Waals surface area contributed by atoms with Gasteiger partial charge in [0.15, 0.2) is 0 Å². The fourth-order valence-corrected chi connectivity index (χ4v) is 1.28. The number of aryl methyl sites for hydroxylation is 2. The lowest BCUT2D eigenvalue weighted by molar-refractivity contribution is -0.385. The van der Waals surface area contributed by atoms with Crippen LogP contribution in [0.2, 0.25) is 0 Å². The van der Waals surface area contributed by atoms with Gasteiger partial charge in [0.05, 0.1) is 11.5 Å². The smallest absolute Gasteiger partial charge is 0.272 e. The van der Waals surface area contributed by atoms with Gasteiger partial charge >= 0.3 is 0 Å². The van der Waals surface area contributed by atoms with E-state index in [0.717, 1.165) is 11.3 Å². The van der Waals surface area contributed by atoms with E-state index in [-0.39, 0.29) is 10.6 Å². The summed E-state index contributed by atoms with van der Waals surface area (Å²) in [5.41, 5.74) is 1.57. The molecular weight excluding hydrogens is 182 g/mol. The normalized spacial score (nSPS) is 9.93. The quantitative estimate of drug-likeness (QED) is 0.550. The van der Waals surface area contributed by atoms with E-state index in [0.29, 0.717) is 12.2 Å². The van der Waals surface area contributed by atoms with Crippen LogP contribution in [0.3, 0.4) is 0 Å². The Morgan fingerprint density at radius 2 is 2.00 bits per heavy atom. The summed E-state index contributed by atoms with van der Waals surface area (Å²) in [5.74, 6) is 0.718. The number of ether oxygens (including phenoxy) is 1. The fourth-order valence-electron chi connectivity index (χ4n) is 1.28. The lowest BCUT2D eigenvalue weighted by Crippen LogP contribution is -1.98. The molecule has 0 N–H and O–H groups in total. The van der Waals surface area contributed by atoms with Crippen molar-refractivity contribution in [3.63, 3.8) is 0 Å². The molecule has 0 aliphatic carbocycles. The van der Waals surface area contributed by atoms with Gasteiger partial charge in [0.2, 0.25) is 0 Å². The van der Waals surface area contributed by atoms with Gasteiger partial charge in [0.25, 0.3) is 5.69 Å². The largest absolute Gasteiger partial charge is 0.494 e. The molecule has 14 heavy (non-hydrogen) atoms. The van der Waals surface area contributed by atoms with E-state index >= 15 is 0 Å². The maximum atomic E-state index is 10.6. The lowest BCUT2D eigenvalue weighted by Gasteiger charge is -2.07. The van der Waals surface area contributed by atoms with Crippen LogP contribution in [-0.2, 0) is 0 Å². The second-order valence-corrected chi connectivity index (χ2v) is 3.09. The molecule has 0 radical (unpaired) electrons. The highest BCUT2D eigenvalue weighted by Crippen LogP contribution is 2.27. The first-order chi connectivity index (χ1) is 6.56. The van der Waals surface area contributed by atoms with E-state index in [4.69, 9.17) is 4.74 Å². The third kappa shape index (κ3) is 2.02. The highest BCUT2D eigenvalue weighted by molar-refractivity contribution is 5.49. The zero-order chi connectivity index (χ0) is 10.7. The Bertz CT molecular complexity index is 361. The molecule has 1 aromatic rings. The Kier molecular flexibility index (Phi) is 3.06. The molecule has 0 fully saturated rings. The minimum atomic E-state index is -0.377. The van der Waals surface area contributed by atoms with Crippen molar-refractivity contribution >= 4 is 5.69 Å². The molecule has 1 aromatic carbocycles. The topological polar surface area (TPSA) is 52.4 Å². The van der Waals surface area contributed by atoms with E-state index < -0.39 is 0 Å². The highest BCUT2D eigenvalue weighted by Gasteiger charge is 2.13. The van der Waals surface area contributed by atoms with Gasteiger partial charge in [-0.25, -0.2) is 0 Å². The highest BCUT2D eigenvalue weighted by atomic mass is 16.6. The summed E-state index contributed by atoms with van der Waals surface area (Å²) in [4.78, 5) is 10.2. The van der Waals surface area contributed by atoms with Gasteiger partial charge in [-0.1, -0.05) is 0 Å². The first-order valence-electron chi connectivity index (χ1n) is 4.44. The van der Waals surface area contributed by atoms with Gasteiger partial charge in [0.1, 0.15) is 5.75 Å². The van der Waals surface area contributed by atoms with Gasteiger partial charge in [-0.05, 0) is 32.4 Å². The summed E-state index contributed by atoms with van der Waals surface area (Å²) >= 11 is 0. The predicted molar refractivity (Wildman–Crippen MR) is 53.7 cm³/mol. The van der Waals surface area contributed by atoms with Crippen LogP contribution in [0.5, 0.6) is 5.75 Å². The van der Waals surface area contributed by atoms with Gasteiger partial charge in [-0.15, -0.1) is 0 Å². The van der Waals surface area contributed by atoms with Crippen LogP contribution in [0.15, 0.2) is 12.1 Å². The summed E-state index contributed by atoms with van der Waals surface area (Å²) in [7, 11) is 0. The van der Waals surface area contributed by atoms with Crippen LogP contribution in [0, 0.1) is 24.0 Å². The molecule has 4 heteroatoms. The lowest BCUT2D eigenvalue weighted by atomic mass is 10.1. The first-order valence-corrected chi connectivity index (χ1v) is 4.44. The van der Waals surface area contributed by atoms with Crippen LogP contribution in [0.4, 0.5) is 5.69 Å². The fraction of sp³-hybridized carbons (Fsp3) is 0.400. The third-order valence-electron chi connectivity index (χ3n) is 1.99. The minimum Gasteiger partial charge on any atom is -0.494 e. The van der Waals surface area contributed by atoms with Crippen LogP contribution >= 0.6 is 0 Å². The van der Waals surface area contributed by atoms with Gasteiger partial charge in [-0.3, -0.25) is 10.1 Å². The molecule has 0 bridgehead atoms. The Morgan fingerprint density at radius 1 is 1.36 bits per heavy atom. The standard InChI is InChI=1S/C10H13NO3/c1-4-14-10-6-7(2)9(11(12)13)5-8(10)3/h5-6H,4H2,1-3H3. The number of nitro groups is 1. The first kappa shape index (κ1) is 10.5. The molecule has 0 aliphatic rings. The van der Waals surface area contributed by atoms with E-state index in [2.05, 4.69) is 0 Å². The zero-order valence-electron chi connectivity index (χ0n) is 8.53. The SMILES string of the molecule is CCOc1cc(C)c([N+](=O)[O-])cc1C. The van der Waals surface area contributed by atoms with Crippen LogP contribution in [-0.4, -0.2) is 11.5 Å². The van der Waals surface area contributed by atoms with Crippen molar-refractivity contribution in [2.75, 3.05) is 6.61 Å². The number of hydrogen-bond donors (Lipinski definition) is 0. The van der Waals surface area contributed by atoms with Crippen LogP contribution < -0.4 is 4.74 Å². The molecule has 4 nitrogen and oxygen atoms in total. The number of nitrogens with zero attached hydrogens (tertiary/aromatic N) is 1. The minimum absolute atomic E-state index is 0.144. The second-order valence-electron chi connectivity index (χ2n) is 3.09. The van der Waals surface area contributed by atoms with Gasteiger partial charge in [-0.2, -0.15) is 0 Å². The van der Waals surface area contributed by atoms with Crippen molar-refractivity contribution in [3.8, 4) is 5.75 Å². The molecule has 0 saturated heterocycles. The Morgan fingerprint density at radius 3 is 2.50 bits per heavy atom. The molecule has 0 spiro atoms. The predicted octanol–water partition coefficient (Wildman–Crippen LogP) is 2.61. The summed E-state index contributed by atoms with van der Waals surface area (Å²) in [6.07, 6.45) is 0. The van der Waals surface area contributed by atoms with Crippen molar-refractivity contribution < 1.29 is 9.66 Å². The molecule has 76 valence electrons. The summed E-state index contributed by atoms with van der Waals surface area (Å²) < 4.78 is 5.33. The molecule has 0 unspecified atom stereocenters. The molecule has 0 heterocycles. The second kappa shape index (κ2) is 4.09. The van der Waals surface area contributed by atoms with E-state index in [1.54, 1.807) is 26.0 Å². The van der Waals surface area contributed by atoms with Crippen LogP contribution in [0.1, 0.15) is 18.1 Å². The molecule has 0 amide bonds. The van der Waals surface area contributed by atoms with E-state index in [9.17, 15) is 10.1 Å². The number of hydrogen-bond acceptors (Lipinski definition) is 3. The van der Waals surface area contributed by atoms with Crippen molar-refractivity contribution in [1.29, 1.82) is 0 Å². The summed E-state index contributed by atoms with van der Waals surface area (Å²) in [6, 6.07) is 3.25. The summed E-state index contributed by atoms with van der Waals surface area (Å²) in [6.45, 7) is 5.96. The van der Waals surface area contributed by atoms with Crippen molar-refractivity contribution in [1.82, 2.24) is 0 Å². The van der Waals surface area contributed by atoms with Crippen molar-refractivity contribution in [3.05, 3.63) is 33.4 Å². The molecule has 1 rings (SSSR count). The third-order valence-corrected chi connectivity index (χ3v) is 1.99. The average Bonchev–Trinajstić information content (AvgIpc) is 2.10. The maximum absolute atomic E-state index is 10.6. The van der Waals surface area contributed by atoms with Crippen molar-refractivity contribution in [2.24, 2.45) is 0 Å². The van der Waals surface area contributed by atoms with E-state index in [1.807, 2.05) is 6.92 Å². The van der Waals surface area contributed by atoms with E-state index in [1.165, 1.54) is 0 Å². The summed E-state index contributed by atoms with van der Waals surface area (Å²) in [5, 5.41) is 10.6. The Balaban J connectivity index is 3.17. The molecule has 0 aliphatic heterocycles. The zero-order valence-corrected chi connectivity index (χ0v) is 8.53. The number of benzene rings is 1. The molecular formula is C10H13NO3. The number of rotatable bonds is 3. The molecule has 0 aromatic heterocycles. The maximum Gasteiger partial charge on any atom is 0.272 e. The Hall–Kier alpha value is -1.58. The van der Waals surface area contributed by atoms with Gasteiger partial charge in [0, 0.05) is 11.6 Å². The van der Waals surface area contributed by atoms with Crippen LogP contribution in [0.25, 0.3) is 0 Å². The van der Waals surface area contributed by atoms with Gasteiger partial charge < -0.3 is 4.74 Å². The van der Waals surface area contributed by atoms with Crippen molar-refractivity contribution in [2.45, 2.75) is 20.8 Å².